The second-order valence-electron chi connectivity index (χ2n) is 6.16. The molecule has 0 aliphatic heterocycles. The molecular weight excluding hydrogens is 237 g/mol. The van der Waals surface area contributed by atoms with Crippen molar-refractivity contribution < 1.29 is 4.39 Å². The van der Waals surface area contributed by atoms with Crippen LogP contribution in [0.2, 0.25) is 0 Å². The van der Waals surface area contributed by atoms with E-state index >= 15 is 0 Å². The van der Waals surface area contributed by atoms with E-state index in [0.29, 0.717) is 11.5 Å². The third-order valence-corrected chi connectivity index (χ3v) is 4.64. The number of benzene rings is 1. The van der Waals surface area contributed by atoms with E-state index in [1.54, 1.807) is 12.1 Å². The van der Waals surface area contributed by atoms with Crippen LogP contribution in [0.15, 0.2) is 24.3 Å². The zero-order valence-corrected chi connectivity index (χ0v) is 12.2. The number of hydrogen-bond donors (Lipinski definition) is 1. The molecule has 1 aromatic rings. The monoisotopic (exact) mass is 263 g/mol. The highest BCUT2D eigenvalue weighted by Gasteiger charge is 2.34. The van der Waals surface area contributed by atoms with Crippen molar-refractivity contribution in [2.24, 2.45) is 5.41 Å². The van der Waals surface area contributed by atoms with E-state index in [1.807, 2.05) is 12.1 Å². The van der Waals surface area contributed by atoms with Crippen molar-refractivity contribution in [1.82, 2.24) is 5.32 Å². The minimum Gasteiger partial charge on any atom is -0.313 e. The highest BCUT2D eigenvalue weighted by Crippen LogP contribution is 2.39. The SMILES string of the molecule is CCNC(Cc1ccc(F)cc1)C1(C)CCCCC1. The van der Waals surface area contributed by atoms with Crippen molar-refractivity contribution in [3.05, 3.63) is 35.6 Å². The predicted octanol–water partition coefficient (Wildman–Crippen LogP) is 4.32. The van der Waals surface area contributed by atoms with Crippen LogP contribution >= 0.6 is 0 Å². The van der Waals surface area contributed by atoms with Gasteiger partial charge >= 0.3 is 0 Å². The molecular formula is C17H26FN. The minimum atomic E-state index is -0.146. The van der Waals surface area contributed by atoms with E-state index in [1.165, 1.54) is 37.7 Å². The minimum absolute atomic E-state index is 0.146. The number of halogens is 1. The quantitative estimate of drug-likeness (QED) is 0.834. The molecule has 1 atom stereocenters. The Hall–Kier alpha value is -0.890. The standard InChI is InChI=1S/C17H26FN/c1-3-19-16(17(2)11-5-4-6-12-17)13-14-7-9-15(18)10-8-14/h7-10,16,19H,3-6,11-13H2,1-2H3. The molecule has 106 valence electrons. The first kappa shape index (κ1) is 14.5. The van der Waals surface area contributed by atoms with Gasteiger partial charge < -0.3 is 5.32 Å². The summed E-state index contributed by atoms with van der Waals surface area (Å²) in [5, 5.41) is 3.66. The molecule has 1 saturated carbocycles. The predicted molar refractivity (Wildman–Crippen MR) is 78.8 cm³/mol. The van der Waals surface area contributed by atoms with Gasteiger partial charge in [0.2, 0.25) is 0 Å². The fourth-order valence-electron chi connectivity index (χ4n) is 3.38. The van der Waals surface area contributed by atoms with Crippen molar-refractivity contribution in [3.8, 4) is 0 Å². The van der Waals surface area contributed by atoms with Crippen LogP contribution in [0.25, 0.3) is 0 Å². The summed E-state index contributed by atoms with van der Waals surface area (Å²) in [6.07, 6.45) is 7.71. The van der Waals surface area contributed by atoms with Crippen LogP contribution in [-0.4, -0.2) is 12.6 Å². The molecule has 1 fully saturated rings. The lowest BCUT2D eigenvalue weighted by Gasteiger charge is -2.41. The first-order valence-electron chi connectivity index (χ1n) is 7.62. The van der Waals surface area contributed by atoms with E-state index in [4.69, 9.17) is 0 Å². The lowest BCUT2D eigenvalue weighted by atomic mass is 9.69. The van der Waals surface area contributed by atoms with E-state index in [2.05, 4.69) is 19.2 Å². The van der Waals surface area contributed by atoms with Gasteiger partial charge in [-0.25, -0.2) is 4.39 Å². The largest absolute Gasteiger partial charge is 0.313 e. The molecule has 1 aliphatic rings. The summed E-state index contributed by atoms with van der Waals surface area (Å²) in [5.74, 6) is -0.146. The fraction of sp³-hybridized carbons (Fsp3) is 0.647. The Bertz CT molecular complexity index is 379. The number of nitrogens with one attached hydrogen (secondary N) is 1. The maximum Gasteiger partial charge on any atom is 0.123 e. The summed E-state index contributed by atoms with van der Waals surface area (Å²) in [6, 6.07) is 7.49. The zero-order chi connectivity index (χ0) is 13.7. The summed E-state index contributed by atoms with van der Waals surface area (Å²) >= 11 is 0. The van der Waals surface area contributed by atoms with Gasteiger partial charge in [-0.3, -0.25) is 0 Å². The Morgan fingerprint density at radius 2 is 1.79 bits per heavy atom. The maximum absolute atomic E-state index is 13.0. The first-order valence-corrected chi connectivity index (χ1v) is 7.62. The van der Waals surface area contributed by atoms with Gasteiger partial charge in [0, 0.05) is 6.04 Å². The molecule has 1 unspecified atom stereocenters. The van der Waals surface area contributed by atoms with Gasteiger partial charge in [-0.05, 0) is 48.9 Å². The fourth-order valence-corrected chi connectivity index (χ4v) is 3.38. The lowest BCUT2D eigenvalue weighted by molar-refractivity contribution is 0.145. The van der Waals surface area contributed by atoms with Gasteiger partial charge in [-0.1, -0.05) is 45.2 Å². The van der Waals surface area contributed by atoms with E-state index in [9.17, 15) is 4.39 Å². The molecule has 0 aromatic heterocycles. The van der Waals surface area contributed by atoms with Gasteiger partial charge in [0.05, 0.1) is 0 Å². The van der Waals surface area contributed by atoms with Crippen molar-refractivity contribution in [2.45, 2.75) is 58.4 Å². The summed E-state index contributed by atoms with van der Waals surface area (Å²) in [6.45, 7) is 5.59. The Kier molecular flexibility index (Phi) is 4.98. The number of likely N-dealkylation sites (N-methyl/N-ethyl adjacent to an activating group) is 1. The summed E-state index contributed by atoms with van der Waals surface area (Å²) in [5.41, 5.74) is 1.63. The number of rotatable bonds is 5. The van der Waals surface area contributed by atoms with Crippen molar-refractivity contribution in [2.75, 3.05) is 6.54 Å². The van der Waals surface area contributed by atoms with Crippen LogP contribution in [0, 0.1) is 11.2 Å². The molecule has 1 nitrogen and oxygen atoms in total. The van der Waals surface area contributed by atoms with Crippen LogP contribution in [-0.2, 0) is 6.42 Å². The van der Waals surface area contributed by atoms with Gasteiger partial charge in [0.15, 0.2) is 0 Å². The normalized spacial score (nSPS) is 20.2. The third kappa shape index (κ3) is 3.79. The average Bonchev–Trinajstić information content (AvgIpc) is 2.41. The van der Waals surface area contributed by atoms with E-state index in [0.717, 1.165) is 13.0 Å². The van der Waals surface area contributed by atoms with Crippen LogP contribution in [0.3, 0.4) is 0 Å². The first-order chi connectivity index (χ1) is 9.14. The van der Waals surface area contributed by atoms with Crippen molar-refractivity contribution in [1.29, 1.82) is 0 Å². The molecule has 0 heterocycles. The van der Waals surface area contributed by atoms with Crippen LogP contribution < -0.4 is 5.32 Å². The Morgan fingerprint density at radius 3 is 2.37 bits per heavy atom. The molecule has 0 radical (unpaired) electrons. The highest BCUT2D eigenvalue weighted by molar-refractivity contribution is 5.18. The van der Waals surface area contributed by atoms with Gasteiger partial charge in [-0.15, -0.1) is 0 Å². The Morgan fingerprint density at radius 1 is 1.16 bits per heavy atom. The smallest absolute Gasteiger partial charge is 0.123 e. The lowest BCUT2D eigenvalue weighted by Crippen LogP contribution is -2.46. The molecule has 0 spiro atoms. The van der Waals surface area contributed by atoms with Gasteiger partial charge in [0.1, 0.15) is 5.82 Å². The van der Waals surface area contributed by atoms with Crippen LogP contribution in [0.5, 0.6) is 0 Å². The molecule has 0 saturated heterocycles. The molecule has 2 heteroatoms. The van der Waals surface area contributed by atoms with Crippen molar-refractivity contribution >= 4 is 0 Å². The molecule has 2 rings (SSSR count). The molecule has 1 N–H and O–H groups in total. The molecule has 19 heavy (non-hydrogen) atoms. The Balaban J connectivity index is 2.08. The molecule has 0 amide bonds. The van der Waals surface area contributed by atoms with E-state index < -0.39 is 0 Å². The topological polar surface area (TPSA) is 12.0 Å². The van der Waals surface area contributed by atoms with Gasteiger partial charge in [-0.2, -0.15) is 0 Å². The average molecular weight is 263 g/mol. The van der Waals surface area contributed by atoms with Crippen LogP contribution in [0.1, 0.15) is 51.5 Å². The summed E-state index contributed by atoms with van der Waals surface area (Å²) in [4.78, 5) is 0. The highest BCUT2D eigenvalue weighted by atomic mass is 19.1. The maximum atomic E-state index is 13.0. The molecule has 0 bridgehead atoms. The van der Waals surface area contributed by atoms with Gasteiger partial charge in [0.25, 0.3) is 0 Å². The number of hydrogen-bond acceptors (Lipinski definition) is 1. The van der Waals surface area contributed by atoms with Crippen LogP contribution in [0.4, 0.5) is 4.39 Å². The van der Waals surface area contributed by atoms with E-state index in [-0.39, 0.29) is 5.82 Å². The molecule has 1 aliphatic carbocycles. The second-order valence-corrected chi connectivity index (χ2v) is 6.16. The zero-order valence-electron chi connectivity index (χ0n) is 12.2. The molecule has 1 aromatic carbocycles. The third-order valence-electron chi connectivity index (χ3n) is 4.64. The summed E-state index contributed by atoms with van der Waals surface area (Å²) in [7, 11) is 0. The Labute approximate surface area is 116 Å². The second kappa shape index (κ2) is 6.51. The van der Waals surface area contributed by atoms with Crippen molar-refractivity contribution in [3.63, 3.8) is 0 Å². The summed E-state index contributed by atoms with van der Waals surface area (Å²) < 4.78 is 13.0.